The predicted molar refractivity (Wildman–Crippen MR) is 145 cm³/mol. The third-order valence-electron chi connectivity index (χ3n) is 7.73. The Hall–Kier alpha value is -2.74. The van der Waals surface area contributed by atoms with Gasteiger partial charge in [0.25, 0.3) is 0 Å². The minimum absolute atomic E-state index is 0.119. The second kappa shape index (κ2) is 12.7. The van der Waals surface area contributed by atoms with E-state index in [0.29, 0.717) is 29.2 Å². The van der Waals surface area contributed by atoms with Crippen molar-refractivity contribution in [3.8, 4) is 5.75 Å². The molecule has 0 amide bonds. The predicted octanol–water partition coefficient (Wildman–Crippen LogP) is 5.69. The van der Waals surface area contributed by atoms with Gasteiger partial charge in [-0.3, -0.25) is 14.8 Å². The summed E-state index contributed by atoms with van der Waals surface area (Å²) < 4.78 is 5.35. The number of carboxylic acids is 1. The molecule has 2 N–H and O–H groups in total. The summed E-state index contributed by atoms with van der Waals surface area (Å²) in [6, 6.07) is 9.64. The average molecular weight is 526 g/mol. The van der Waals surface area contributed by atoms with Crippen LogP contribution in [-0.4, -0.2) is 57.8 Å². The molecule has 0 spiro atoms. The molecule has 37 heavy (non-hydrogen) atoms. The number of unbranched alkanes of at least 4 members (excludes halogenated alkanes) is 1. The van der Waals surface area contributed by atoms with Gasteiger partial charge < -0.3 is 19.8 Å². The number of piperidine rings is 1. The van der Waals surface area contributed by atoms with Gasteiger partial charge in [-0.1, -0.05) is 11.6 Å². The van der Waals surface area contributed by atoms with Gasteiger partial charge in [0.1, 0.15) is 5.75 Å². The zero-order valence-electron chi connectivity index (χ0n) is 21.4. The average Bonchev–Trinajstić information content (AvgIpc) is 2.90. The highest BCUT2D eigenvalue weighted by molar-refractivity contribution is 6.32. The molecule has 1 aromatic carbocycles. The fraction of sp³-hybridized carbons (Fsp3) is 0.483. The summed E-state index contributed by atoms with van der Waals surface area (Å²) in [5.41, 5.74) is 2.35. The maximum atomic E-state index is 11.8. The first kappa shape index (κ1) is 27.3. The number of methoxy groups -OCH3 is 1. The molecular weight excluding hydrogens is 490 g/mol. The van der Waals surface area contributed by atoms with Crippen LogP contribution in [0.15, 0.2) is 48.9 Å². The quantitative estimate of drug-likeness (QED) is 0.293. The van der Waals surface area contributed by atoms with E-state index in [0.717, 1.165) is 62.6 Å². The molecular formula is C29H36ClN3O4. The first-order valence-electron chi connectivity index (χ1n) is 13.0. The van der Waals surface area contributed by atoms with Crippen LogP contribution in [0.25, 0.3) is 10.9 Å². The number of halogens is 1. The molecule has 3 heterocycles. The van der Waals surface area contributed by atoms with Crippen molar-refractivity contribution in [3.05, 3.63) is 65.1 Å². The third-order valence-corrected chi connectivity index (χ3v) is 8.03. The van der Waals surface area contributed by atoms with Crippen molar-refractivity contribution in [2.45, 2.75) is 57.5 Å². The van der Waals surface area contributed by atoms with E-state index in [1.165, 1.54) is 5.56 Å². The Morgan fingerprint density at radius 3 is 2.65 bits per heavy atom. The van der Waals surface area contributed by atoms with Crippen molar-refractivity contribution in [1.29, 1.82) is 0 Å². The molecule has 1 aliphatic rings. The minimum atomic E-state index is -0.818. The number of ether oxygens (including phenoxy) is 1. The summed E-state index contributed by atoms with van der Waals surface area (Å²) in [5.74, 6) is -0.113. The number of aliphatic hydroxyl groups is 1. The molecule has 1 atom stereocenters. The van der Waals surface area contributed by atoms with Gasteiger partial charge in [-0.2, -0.15) is 0 Å². The number of rotatable bonds is 12. The van der Waals surface area contributed by atoms with Crippen LogP contribution in [0.3, 0.4) is 0 Å². The van der Waals surface area contributed by atoms with Crippen molar-refractivity contribution in [2.75, 3.05) is 26.7 Å². The summed E-state index contributed by atoms with van der Waals surface area (Å²) >= 11 is 6.49. The number of benzene rings is 1. The minimum Gasteiger partial charge on any atom is -0.497 e. The number of carbonyl (C=O) groups is 1. The number of aliphatic carboxylic acids is 1. The summed E-state index contributed by atoms with van der Waals surface area (Å²) in [4.78, 5) is 22.7. The van der Waals surface area contributed by atoms with E-state index in [9.17, 15) is 15.0 Å². The van der Waals surface area contributed by atoms with Crippen molar-refractivity contribution < 1.29 is 19.7 Å². The van der Waals surface area contributed by atoms with Gasteiger partial charge >= 0.3 is 5.97 Å². The largest absolute Gasteiger partial charge is 0.497 e. The number of carboxylic acid groups (broad SMARTS) is 1. The molecule has 198 valence electrons. The lowest BCUT2D eigenvalue weighted by molar-refractivity contribution is -0.141. The van der Waals surface area contributed by atoms with E-state index in [4.69, 9.17) is 16.3 Å². The molecule has 0 radical (unpaired) electrons. The van der Waals surface area contributed by atoms with Crippen LogP contribution in [0.5, 0.6) is 5.75 Å². The molecule has 1 aliphatic heterocycles. The summed E-state index contributed by atoms with van der Waals surface area (Å²) in [5, 5.41) is 22.1. The molecule has 0 aliphatic carbocycles. The first-order chi connectivity index (χ1) is 17.9. The second-order valence-corrected chi connectivity index (χ2v) is 10.6. The van der Waals surface area contributed by atoms with Crippen LogP contribution in [0.2, 0.25) is 5.02 Å². The van der Waals surface area contributed by atoms with Crippen LogP contribution in [0.4, 0.5) is 0 Å². The number of aromatic nitrogens is 2. The number of aliphatic hydroxyl groups excluding tert-OH is 1. The van der Waals surface area contributed by atoms with Crippen molar-refractivity contribution >= 4 is 28.5 Å². The van der Waals surface area contributed by atoms with Gasteiger partial charge in [-0.05, 0) is 106 Å². The van der Waals surface area contributed by atoms with E-state index in [1.807, 2.05) is 30.6 Å². The summed E-state index contributed by atoms with van der Waals surface area (Å²) in [7, 11) is 1.60. The van der Waals surface area contributed by atoms with Crippen LogP contribution in [0, 0.1) is 5.41 Å². The fourth-order valence-electron chi connectivity index (χ4n) is 5.52. The molecule has 8 heteroatoms. The molecule has 0 bridgehead atoms. The van der Waals surface area contributed by atoms with E-state index >= 15 is 0 Å². The lowest BCUT2D eigenvalue weighted by atomic mass is 9.71. The molecule has 1 saturated heterocycles. The Balaban J connectivity index is 1.35. The molecule has 7 nitrogen and oxygen atoms in total. The maximum Gasteiger partial charge on any atom is 0.303 e. The van der Waals surface area contributed by atoms with E-state index in [2.05, 4.69) is 27.0 Å². The topological polar surface area (TPSA) is 95.8 Å². The maximum absolute atomic E-state index is 11.8. The molecule has 0 unspecified atom stereocenters. The molecule has 0 saturated carbocycles. The highest BCUT2D eigenvalue weighted by atomic mass is 35.5. The smallest absolute Gasteiger partial charge is 0.303 e. The lowest BCUT2D eigenvalue weighted by Gasteiger charge is -2.41. The van der Waals surface area contributed by atoms with E-state index in [-0.39, 0.29) is 11.8 Å². The first-order valence-corrected chi connectivity index (χ1v) is 13.4. The second-order valence-electron chi connectivity index (χ2n) is 10.2. The Labute approximate surface area is 223 Å². The number of likely N-dealkylation sites (tertiary alicyclic amines) is 1. The number of nitrogens with zero attached hydrogens (tertiary/aromatic N) is 3. The highest BCUT2D eigenvalue weighted by Crippen LogP contribution is 2.43. The van der Waals surface area contributed by atoms with Gasteiger partial charge in [0.2, 0.25) is 0 Å². The van der Waals surface area contributed by atoms with Gasteiger partial charge in [0.05, 0.1) is 30.2 Å². The fourth-order valence-corrected chi connectivity index (χ4v) is 5.80. The monoisotopic (exact) mass is 525 g/mol. The zero-order chi connectivity index (χ0) is 26.3. The highest BCUT2D eigenvalue weighted by Gasteiger charge is 2.37. The molecule has 2 aromatic heterocycles. The Bertz CT molecular complexity index is 1180. The van der Waals surface area contributed by atoms with Gasteiger partial charge in [-0.15, -0.1) is 0 Å². The summed E-state index contributed by atoms with van der Waals surface area (Å²) in [6.07, 6.45) is 10.5. The normalized spacial score (nSPS) is 16.5. The third kappa shape index (κ3) is 7.18. The van der Waals surface area contributed by atoms with E-state index in [1.54, 1.807) is 13.3 Å². The number of hydrogen-bond donors (Lipinski definition) is 2. The Morgan fingerprint density at radius 2 is 1.95 bits per heavy atom. The number of hydrogen-bond acceptors (Lipinski definition) is 6. The van der Waals surface area contributed by atoms with E-state index < -0.39 is 12.1 Å². The Morgan fingerprint density at radius 1 is 1.19 bits per heavy atom. The lowest BCUT2D eigenvalue weighted by Crippen LogP contribution is -2.41. The number of pyridine rings is 2. The standard InChI is InChI=1S/C29H36ClN3O4/c1-37-22-5-6-25-23(18-22)28(24(30)20-32-25)26(34)7-10-29(19-27(35)36)11-16-33(17-12-29)15-3-2-4-21-8-13-31-14-9-21/h5-6,8-9,13-14,18,20,26,34H,2-4,7,10-12,15-17,19H2,1H3,(H,35,36)/t26-/m0/s1. The van der Waals surface area contributed by atoms with Crippen molar-refractivity contribution in [3.63, 3.8) is 0 Å². The van der Waals surface area contributed by atoms with Crippen LogP contribution in [0.1, 0.15) is 62.2 Å². The molecule has 4 rings (SSSR count). The van der Waals surface area contributed by atoms with Crippen LogP contribution >= 0.6 is 11.6 Å². The van der Waals surface area contributed by atoms with Crippen LogP contribution < -0.4 is 4.74 Å². The van der Waals surface area contributed by atoms with Gasteiger partial charge in [-0.25, -0.2) is 0 Å². The molecule has 3 aromatic rings. The van der Waals surface area contributed by atoms with Crippen LogP contribution in [-0.2, 0) is 11.2 Å². The number of aryl methyl sites for hydroxylation is 1. The summed E-state index contributed by atoms with van der Waals surface area (Å²) in [6.45, 7) is 2.79. The zero-order valence-corrected chi connectivity index (χ0v) is 22.2. The number of fused-ring (bicyclic) bond motifs is 1. The van der Waals surface area contributed by atoms with Gasteiger partial charge in [0, 0.05) is 29.5 Å². The SMILES string of the molecule is COc1ccc2ncc(Cl)c([C@@H](O)CCC3(CC(=O)O)CCN(CCCCc4ccncc4)CC3)c2c1. The van der Waals surface area contributed by atoms with Gasteiger partial charge in [0.15, 0.2) is 0 Å². The Kier molecular flexibility index (Phi) is 9.35. The van der Waals surface area contributed by atoms with Crippen molar-refractivity contribution in [1.82, 2.24) is 14.9 Å². The van der Waals surface area contributed by atoms with Crippen molar-refractivity contribution in [2.24, 2.45) is 5.41 Å². The molecule has 1 fully saturated rings.